The molecule has 25 heavy (non-hydrogen) atoms. The highest BCUT2D eigenvalue weighted by atomic mass is 79.9. The van der Waals surface area contributed by atoms with Gasteiger partial charge in [-0.05, 0) is 50.8 Å². The van der Waals surface area contributed by atoms with E-state index in [-0.39, 0.29) is 12.6 Å². The van der Waals surface area contributed by atoms with Crippen molar-refractivity contribution in [2.45, 2.75) is 12.5 Å². The zero-order valence-electron chi connectivity index (χ0n) is 12.9. The number of hydrogen-bond acceptors (Lipinski definition) is 4. The second-order valence-electron chi connectivity index (χ2n) is 5.36. The Morgan fingerprint density at radius 3 is 3.00 bits per heavy atom. The van der Waals surface area contributed by atoms with Gasteiger partial charge >= 0.3 is 6.09 Å². The van der Waals surface area contributed by atoms with Gasteiger partial charge in [-0.3, -0.25) is 0 Å². The van der Waals surface area contributed by atoms with Gasteiger partial charge in [0.2, 0.25) is 0 Å². The summed E-state index contributed by atoms with van der Waals surface area (Å²) in [5.74, 6) is 0.517. The maximum Gasteiger partial charge on any atom is 0.405 e. The second-order valence-corrected chi connectivity index (χ2v) is 7.49. The van der Waals surface area contributed by atoms with Gasteiger partial charge in [0.15, 0.2) is 0 Å². The number of aromatic nitrogens is 1. The minimum Gasteiger partial charge on any atom is -0.490 e. The fraction of sp³-hybridized carbons (Fsp3) is 0.176. The monoisotopic (exact) mass is 440 g/mol. The first-order valence-electron chi connectivity index (χ1n) is 7.41. The van der Waals surface area contributed by atoms with E-state index in [1.165, 1.54) is 10.9 Å². The summed E-state index contributed by atoms with van der Waals surface area (Å²) in [6, 6.07) is 9.38. The Morgan fingerprint density at radius 1 is 1.44 bits per heavy atom. The molecule has 2 heterocycles. The van der Waals surface area contributed by atoms with Crippen LogP contribution in [0.2, 0.25) is 5.15 Å². The van der Waals surface area contributed by atoms with E-state index in [4.69, 9.17) is 21.4 Å². The van der Waals surface area contributed by atoms with Crippen LogP contribution in [0.5, 0.6) is 5.75 Å². The summed E-state index contributed by atoms with van der Waals surface area (Å²) in [7, 11) is 0. The zero-order chi connectivity index (χ0) is 17.8. The SMILES string of the molecule is O=C(O)N[C@H](COc1cnc(Cl)c(Br)c1)Cc1csc2ccccc12. The van der Waals surface area contributed by atoms with Crippen LogP contribution in [0.3, 0.4) is 0 Å². The zero-order valence-corrected chi connectivity index (χ0v) is 16.1. The third kappa shape index (κ3) is 4.62. The van der Waals surface area contributed by atoms with Crippen molar-refractivity contribution in [3.8, 4) is 5.75 Å². The molecular formula is C17H14BrClN2O3S. The molecule has 0 aliphatic heterocycles. The first-order valence-corrected chi connectivity index (χ1v) is 9.46. The van der Waals surface area contributed by atoms with Gasteiger partial charge in [0.05, 0.1) is 16.7 Å². The lowest BCUT2D eigenvalue weighted by molar-refractivity contribution is 0.181. The fourth-order valence-electron chi connectivity index (χ4n) is 2.46. The number of pyridine rings is 1. The number of benzene rings is 1. The van der Waals surface area contributed by atoms with Crippen molar-refractivity contribution < 1.29 is 14.6 Å². The van der Waals surface area contributed by atoms with Gasteiger partial charge in [-0.25, -0.2) is 9.78 Å². The van der Waals surface area contributed by atoms with Gasteiger partial charge in [-0.15, -0.1) is 11.3 Å². The van der Waals surface area contributed by atoms with E-state index in [9.17, 15) is 4.79 Å². The molecule has 8 heteroatoms. The summed E-state index contributed by atoms with van der Waals surface area (Å²) in [6.07, 6.45) is 0.965. The van der Waals surface area contributed by atoms with Crippen LogP contribution in [-0.4, -0.2) is 28.8 Å². The average Bonchev–Trinajstić information content (AvgIpc) is 2.98. The molecule has 2 N–H and O–H groups in total. The Bertz CT molecular complexity index is 902. The Labute approximate surface area is 161 Å². The number of amides is 1. The number of rotatable bonds is 6. The third-order valence-electron chi connectivity index (χ3n) is 3.58. The molecule has 0 spiro atoms. The van der Waals surface area contributed by atoms with Crippen molar-refractivity contribution in [2.24, 2.45) is 0 Å². The van der Waals surface area contributed by atoms with Crippen LogP contribution in [0, 0.1) is 0 Å². The van der Waals surface area contributed by atoms with Crippen molar-refractivity contribution in [3.05, 3.63) is 57.1 Å². The molecule has 0 fully saturated rings. The standard InChI is InChI=1S/C17H14BrClN2O3S/c18-14-6-12(7-20-16(14)19)24-8-11(21-17(22)23)5-10-9-25-15-4-2-1-3-13(10)15/h1-4,6-7,9,11,21H,5,8H2,(H,22,23)/t11-/m0/s1. The first kappa shape index (κ1) is 18.0. The lowest BCUT2D eigenvalue weighted by atomic mass is 10.1. The molecule has 0 saturated heterocycles. The molecule has 5 nitrogen and oxygen atoms in total. The smallest absolute Gasteiger partial charge is 0.405 e. The van der Waals surface area contributed by atoms with Gasteiger partial charge in [0.1, 0.15) is 17.5 Å². The Hall–Kier alpha value is -1.83. The summed E-state index contributed by atoms with van der Waals surface area (Å²) >= 11 is 10.8. The molecule has 0 aliphatic carbocycles. The van der Waals surface area contributed by atoms with Gasteiger partial charge in [-0.2, -0.15) is 0 Å². The van der Waals surface area contributed by atoms with Crippen LogP contribution in [0.1, 0.15) is 5.56 Å². The number of nitrogens with one attached hydrogen (secondary N) is 1. The number of fused-ring (bicyclic) bond motifs is 1. The van der Waals surface area contributed by atoms with Crippen LogP contribution >= 0.6 is 38.9 Å². The first-order chi connectivity index (χ1) is 12.0. The highest BCUT2D eigenvalue weighted by Gasteiger charge is 2.16. The van der Waals surface area contributed by atoms with Gasteiger partial charge in [0.25, 0.3) is 0 Å². The second kappa shape index (κ2) is 8.03. The summed E-state index contributed by atoms with van der Waals surface area (Å²) in [4.78, 5) is 15.1. The number of nitrogens with zero attached hydrogens (tertiary/aromatic N) is 1. The maximum absolute atomic E-state index is 11.1. The molecule has 1 atom stereocenters. The fourth-order valence-corrected chi connectivity index (χ4v) is 3.87. The van der Waals surface area contributed by atoms with Crippen LogP contribution in [0.15, 0.2) is 46.4 Å². The van der Waals surface area contributed by atoms with E-state index in [1.54, 1.807) is 17.4 Å². The summed E-state index contributed by atoms with van der Waals surface area (Å²) < 4.78 is 7.49. The molecule has 130 valence electrons. The van der Waals surface area contributed by atoms with E-state index in [0.29, 0.717) is 21.8 Å². The van der Waals surface area contributed by atoms with Crippen LogP contribution in [-0.2, 0) is 6.42 Å². The number of halogens is 2. The lowest BCUT2D eigenvalue weighted by Gasteiger charge is -2.17. The predicted octanol–water partition coefficient (Wildman–Crippen LogP) is 4.97. The Morgan fingerprint density at radius 2 is 2.24 bits per heavy atom. The van der Waals surface area contributed by atoms with Crippen molar-refractivity contribution in [1.82, 2.24) is 10.3 Å². The molecule has 0 saturated carbocycles. The number of hydrogen-bond donors (Lipinski definition) is 2. The van der Waals surface area contributed by atoms with Crippen molar-refractivity contribution in [2.75, 3.05) is 6.61 Å². The summed E-state index contributed by atoms with van der Waals surface area (Å²) in [5.41, 5.74) is 1.10. The van der Waals surface area contributed by atoms with E-state index in [0.717, 1.165) is 10.9 Å². The average molecular weight is 442 g/mol. The quantitative estimate of drug-likeness (QED) is 0.530. The lowest BCUT2D eigenvalue weighted by Crippen LogP contribution is -2.39. The minimum absolute atomic E-state index is 0.187. The van der Waals surface area contributed by atoms with E-state index >= 15 is 0 Å². The van der Waals surface area contributed by atoms with Crippen molar-refractivity contribution >= 4 is 55.0 Å². The van der Waals surface area contributed by atoms with Crippen LogP contribution in [0.25, 0.3) is 10.1 Å². The topological polar surface area (TPSA) is 71.5 Å². The van der Waals surface area contributed by atoms with Gasteiger partial charge in [0, 0.05) is 4.70 Å². The molecular weight excluding hydrogens is 428 g/mol. The van der Waals surface area contributed by atoms with Crippen LogP contribution < -0.4 is 10.1 Å². The largest absolute Gasteiger partial charge is 0.490 e. The normalized spacial score (nSPS) is 12.1. The van der Waals surface area contributed by atoms with E-state index in [2.05, 4.69) is 37.7 Å². The molecule has 0 unspecified atom stereocenters. The number of carbonyl (C=O) groups is 1. The predicted molar refractivity (Wildman–Crippen MR) is 103 cm³/mol. The molecule has 0 radical (unpaired) electrons. The Balaban J connectivity index is 1.73. The molecule has 0 aliphatic rings. The number of thiophene rings is 1. The third-order valence-corrected chi connectivity index (χ3v) is 5.72. The summed E-state index contributed by atoms with van der Waals surface area (Å²) in [6.45, 7) is 0.187. The van der Waals surface area contributed by atoms with Gasteiger partial charge in [-0.1, -0.05) is 29.8 Å². The van der Waals surface area contributed by atoms with Crippen LogP contribution in [0.4, 0.5) is 4.79 Å². The summed E-state index contributed by atoms with van der Waals surface area (Å²) in [5, 5.41) is 15.2. The Kier molecular flexibility index (Phi) is 5.78. The molecule has 2 aromatic heterocycles. The van der Waals surface area contributed by atoms with Crippen molar-refractivity contribution in [3.63, 3.8) is 0 Å². The van der Waals surface area contributed by atoms with E-state index in [1.807, 2.05) is 18.2 Å². The highest BCUT2D eigenvalue weighted by Crippen LogP contribution is 2.27. The molecule has 1 aromatic carbocycles. The highest BCUT2D eigenvalue weighted by molar-refractivity contribution is 9.10. The van der Waals surface area contributed by atoms with E-state index < -0.39 is 6.09 Å². The van der Waals surface area contributed by atoms with Gasteiger partial charge < -0.3 is 15.2 Å². The minimum atomic E-state index is -1.08. The number of ether oxygens (including phenoxy) is 1. The molecule has 3 rings (SSSR count). The molecule has 3 aromatic rings. The molecule has 1 amide bonds. The maximum atomic E-state index is 11.1. The number of carboxylic acid groups (broad SMARTS) is 1. The van der Waals surface area contributed by atoms with Crippen molar-refractivity contribution in [1.29, 1.82) is 0 Å². The molecule has 0 bridgehead atoms.